The normalized spacial score (nSPS) is 9.12. The van der Waals surface area contributed by atoms with Crippen LogP contribution in [-0.4, -0.2) is 9.97 Å². The van der Waals surface area contributed by atoms with E-state index in [4.69, 9.17) is 5.73 Å². The lowest BCUT2D eigenvalue weighted by molar-refractivity contribution is 1.14. The van der Waals surface area contributed by atoms with Gasteiger partial charge in [-0.05, 0) is 15.9 Å². The maximum atomic E-state index is 5.35. The lowest BCUT2D eigenvalue weighted by atomic mass is 10.6. The number of anilines is 1. The number of nitrogen functional groups attached to an aromatic ring is 1. The minimum atomic E-state index is 0.563. The fraction of sp³-hybridized carbons (Fsp3) is 0. The van der Waals surface area contributed by atoms with Crippen molar-refractivity contribution in [2.24, 2.45) is 0 Å². The molecule has 0 aromatic carbocycles. The molecule has 0 fully saturated rings. The number of hydrogen-bond acceptors (Lipinski definition) is 3. The summed E-state index contributed by atoms with van der Waals surface area (Å²) in [5.74, 6) is 0. The number of halogens is 1. The zero-order valence-corrected chi connectivity index (χ0v) is 5.59. The van der Waals surface area contributed by atoms with Gasteiger partial charge in [0.25, 0.3) is 0 Å². The van der Waals surface area contributed by atoms with E-state index in [1.54, 1.807) is 0 Å². The lowest BCUT2D eigenvalue weighted by Crippen LogP contribution is -1.88. The highest BCUT2D eigenvalue weighted by molar-refractivity contribution is 9.10. The summed E-state index contributed by atoms with van der Waals surface area (Å²) >= 11 is 3.12. The molecule has 1 rings (SSSR count). The molecule has 2 N–H and O–H groups in total. The van der Waals surface area contributed by atoms with E-state index in [9.17, 15) is 0 Å². The van der Waals surface area contributed by atoms with Crippen LogP contribution >= 0.6 is 15.9 Å². The molecular weight excluding hydrogens is 170 g/mol. The fourth-order valence-electron chi connectivity index (χ4n) is 0.325. The Morgan fingerprint density at radius 2 is 2.38 bits per heavy atom. The number of hydrogen-bond donors (Lipinski definition) is 1. The van der Waals surface area contributed by atoms with Crippen molar-refractivity contribution >= 4 is 21.6 Å². The van der Waals surface area contributed by atoms with E-state index in [1.807, 2.05) is 0 Å². The van der Waals surface area contributed by atoms with Crippen LogP contribution in [0.5, 0.6) is 0 Å². The van der Waals surface area contributed by atoms with Gasteiger partial charge in [-0.1, -0.05) is 0 Å². The lowest BCUT2D eigenvalue weighted by Gasteiger charge is -1.89. The first-order valence-electron chi connectivity index (χ1n) is 2.01. The fourth-order valence-corrected chi connectivity index (χ4v) is 0.519. The highest BCUT2D eigenvalue weighted by Crippen LogP contribution is 2.11. The zero-order valence-electron chi connectivity index (χ0n) is 4.00. The first kappa shape index (κ1) is 5.50. The average molecular weight is 174 g/mol. The van der Waals surface area contributed by atoms with Crippen molar-refractivity contribution in [1.29, 1.82) is 0 Å². The molecule has 0 aliphatic heterocycles. The van der Waals surface area contributed by atoms with E-state index in [1.165, 1.54) is 12.5 Å². The van der Waals surface area contributed by atoms with Gasteiger partial charge in [-0.3, -0.25) is 0 Å². The van der Waals surface area contributed by atoms with Crippen molar-refractivity contribution in [2.75, 3.05) is 5.73 Å². The molecule has 0 aliphatic rings. The second kappa shape index (κ2) is 2.09. The predicted octanol–water partition coefficient (Wildman–Crippen LogP) is 0.821. The van der Waals surface area contributed by atoms with Crippen molar-refractivity contribution in [3.05, 3.63) is 17.1 Å². The molecule has 0 unspecified atom stereocenters. The van der Waals surface area contributed by atoms with Crippen LogP contribution in [0.4, 0.5) is 5.69 Å². The molecule has 4 heteroatoms. The monoisotopic (exact) mass is 173 g/mol. The van der Waals surface area contributed by atoms with Crippen LogP contribution in [0.1, 0.15) is 0 Å². The third kappa shape index (κ3) is 0.949. The molecule has 0 aliphatic carbocycles. The predicted molar refractivity (Wildman–Crippen MR) is 34.1 cm³/mol. The molecule has 0 saturated carbocycles. The van der Waals surface area contributed by atoms with Gasteiger partial charge in [0, 0.05) is 0 Å². The van der Waals surface area contributed by atoms with Crippen molar-refractivity contribution in [3.63, 3.8) is 0 Å². The highest BCUT2D eigenvalue weighted by atomic mass is 79.9. The smallest absolute Gasteiger partial charge is 0.132 e. The molecule has 0 saturated heterocycles. The molecule has 1 heterocycles. The second-order valence-corrected chi connectivity index (χ2v) is 2.02. The second-order valence-electron chi connectivity index (χ2n) is 1.27. The first-order chi connectivity index (χ1) is 3.80. The van der Waals surface area contributed by atoms with E-state index >= 15 is 0 Å². The Bertz CT molecular complexity index is 167. The van der Waals surface area contributed by atoms with Gasteiger partial charge in [0.1, 0.15) is 10.9 Å². The summed E-state index contributed by atoms with van der Waals surface area (Å²) in [4.78, 5) is 7.44. The Labute approximate surface area is 55.1 Å². The number of nitrogens with two attached hydrogens (primary N) is 1. The van der Waals surface area contributed by atoms with E-state index in [0.29, 0.717) is 10.3 Å². The van der Waals surface area contributed by atoms with Crippen LogP contribution in [0, 0.1) is 0 Å². The summed E-state index contributed by atoms with van der Waals surface area (Å²) < 4.78 is 0.646. The summed E-state index contributed by atoms with van der Waals surface area (Å²) in [6, 6.07) is 0. The standard InChI is InChI=1S/C4H4BrN3/c5-4-3(6)1-7-2-8-4/h1-2H,6H2. The summed E-state index contributed by atoms with van der Waals surface area (Å²) in [5.41, 5.74) is 5.91. The van der Waals surface area contributed by atoms with Crippen LogP contribution in [0.3, 0.4) is 0 Å². The van der Waals surface area contributed by atoms with Crippen molar-refractivity contribution < 1.29 is 0 Å². The Balaban J connectivity index is 3.13. The van der Waals surface area contributed by atoms with E-state index in [2.05, 4.69) is 25.9 Å². The minimum absolute atomic E-state index is 0.563. The Hall–Kier alpha value is -0.640. The van der Waals surface area contributed by atoms with Gasteiger partial charge in [-0.25, -0.2) is 9.97 Å². The Morgan fingerprint density at radius 3 is 2.75 bits per heavy atom. The van der Waals surface area contributed by atoms with Crippen molar-refractivity contribution in [3.8, 4) is 0 Å². The molecule has 8 heavy (non-hydrogen) atoms. The van der Waals surface area contributed by atoms with Gasteiger partial charge in [0.2, 0.25) is 0 Å². The quantitative estimate of drug-likeness (QED) is 0.592. The molecule has 0 radical (unpaired) electrons. The molecular formula is C4H4BrN3. The molecule has 0 atom stereocenters. The maximum Gasteiger partial charge on any atom is 0.132 e. The van der Waals surface area contributed by atoms with Crippen LogP contribution in [0.25, 0.3) is 0 Å². The van der Waals surface area contributed by atoms with E-state index < -0.39 is 0 Å². The first-order valence-corrected chi connectivity index (χ1v) is 2.81. The van der Waals surface area contributed by atoms with Gasteiger partial charge in [-0.15, -0.1) is 0 Å². The molecule has 1 aromatic rings. The number of aromatic nitrogens is 2. The highest BCUT2D eigenvalue weighted by Gasteiger charge is 1.89. The molecule has 1 aromatic heterocycles. The topological polar surface area (TPSA) is 51.8 Å². The minimum Gasteiger partial charge on any atom is -0.395 e. The third-order valence-electron chi connectivity index (χ3n) is 0.690. The number of nitrogens with zero attached hydrogens (tertiary/aromatic N) is 2. The zero-order chi connectivity index (χ0) is 5.98. The van der Waals surface area contributed by atoms with Gasteiger partial charge < -0.3 is 5.73 Å². The Kier molecular flexibility index (Phi) is 1.43. The molecule has 0 spiro atoms. The largest absolute Gasteiger partial charge is 0.395 e. The van der Waals surface area contributed by atoms with Crippen molar-refractivity contribution in [2.45, 2.75) is 0 Å². The molecule has 3 nitrogen and oxygen atoms in total. The van der Waals surface area contributed by atoms with Crippen LogP contribution in [-0.2, 0) is 0 Å². The van der Waals surface area contributed by atoms with E-state index in [0.717, 1.165) is 0 Å². The summed E-state index contributed by atoms with van der Waals surface area (Å²) in [6.45, 7) is 0. The van der Waals surface area contributed by atoms with Crippen LogP contribution in [0.2, 0.25) is 0 Å². The third-order valence-corrected chi connectivity index (χ3v) is 1.35. The van der Waals surface area contributed by atoms with Gasteiger partial charge >= 0.3 is 0 Å². The van der Waals surface area contributed by atoms with Crippen LogP contribution < -0.4 is 5.73 Å². The molecule has 0 bridgehead atoms. The van der Waals surface area contributed by atoms with Gasteiger partial charge in [0.15, 0.2) is 0 Å². The summed E-state index contributed by atoms with van der Waals surface area (Å²) in [5, 5.41) is 0. The molecule has 0 amide bonds. The Morgan fingerprint density at radius 1 is 1.62 bits per heavy atom. The maximum absolute atomic E-state index is 5.35. The van der Waals surface area contributed by atoms with Gasteiger partial charge in [0.05, 0.1) is 11.9 Å². The SMILES string of the molecule is Nc1cncnc1Br. The van der Waals surface area contributed by atoms with Gasteiger partial charge in [-0.2, -0.15) is 0 Å². The van der Waals surface area contributed by atoms with Crippen LogP contribution in [0.15, 0.2) is 17.1 Å². The average Bonchev–Trinajstić information content (AvgIpc) is 1.77. The van der Waals surface area contributed by atoms with E-state index in [-0.39, 0.29) is 0 Å². The molecule has 42 valence electrons. The number of rotatable bonds is 0. The van der Waals surface area contributed by atoms with Crippen molar-refractivity contribution in [1.82, 2.24) is 9.97 Å². The summed E-state index contributed by atoms with van der Waals surface area (Å²) in [7, 11) is 0. The summed E-state index contributed by atoms with van der Waals surface area (Å²) in [6.07, 6.45) is 2.97.